The molecule has 0 aliphatic carbocycles. The van der Waals surface area contributed by atoms with Crippen LogP contribution in [0.2, 0.25) is 0 Å². The maximum Gasteiger partial charge on any atom is 0.312 e. The van der Waals surface area contributed by atoms with Crippen LogP contribution in [0.4, 0.5) is 0 Å². The molecule has 1 N–H and O–H groups in total. The molecule has 2 aliphatic rings. The number of carbonyl (C=O) groups excluding carboxylic acids is 1. The molecule has 1 saturated heterocycles. The first-order valence-corrected chi connectivity index (χ1v) is 8.00. The number of carbonyl (C=O) groups is 1. The molecule has 1 fully saturated rings. The van der Waals surface area contributed by atoms with E-state index < -0.39 is 5.60 Å². The quantitative estimate of drug-likeness (QED) is 0.803. The van der Waals surface area contributed by atoms with Gasteiger partial charge in [-0.05, 0) is 43.5 Å². The molecule has 0 saturated carbocycles. The van der Waals surface area contributed by atoms with E-state index in [0.717, 1.165) is 22.1 Å². The van der Waals surface area contributed by atoms with Crippen LogP contribution in [0.5, 0.6) is 0 Å². The second-order valence-corrected chi connectivity index (χ2v) is 6.80. The van der Waals surface area contributed by atoms with Crippen molar-refractivity contribution in [2.45, 2.75) is 25.4 Å². The number of H-pyrrole nitrogens is 1. The van der Waals surface area contributed by atoms with E-state index in [0.29, 0.717) is 19.6 Å². The molecule has 2 aromatic rings. The molecule has 110 valence electrons. The van der Waals surface area contributed by atoms with Crippen molar-refractivity contribution in [3.63, 3.8) is 0 Å². The Labute approximate surface area is 130 Å². The minimum atomic E-state index is -0.618. The molecular weight excluding hydrogens is 334 g/mol. The summed E-state index contributed by atoms with van der Waals surface area (Å²) in [6.45, 7) is 3.13. The first kappa shape index (κ1) is 13.3. The van der Waals surface area contributed by atoms with Gasteiger partial charge < -0.3 is 14.5 Å². The Kier molecular flexibility index (Phi) is 2.91. The highest BCUT2D eigenvalue weighted by molar-refractivity contribution is 9.10. The van der Waals surface area contributed by atoms with E-state index in [2.05, 4.69) is 33.0 Å². The maximum absolute atomic E-state index is 12.0. The minimum absolute atomic E-state index is 0.148. The van der Waals surface area contributed by atoms with E-state index in [1.54, 1.807) is 0 Å². The van der Waals surface area contributed by atoms with Gasteiger partial charge in [0.2, 0.25) is 0 Å². The second-order valence-electron chi connectivity index (χ2n) is 5.88. The molecule has 4 rings (SSSR count). The third-order valence-corrected chi connectivity index (χ3v) is 5.21. The molecule has 0 unspecified atom stereocenters. The largest absolute Gasteiger partial charge is 0.465 e. The van der Waals surface area contributed by atoms with Crippen molar-refractivity contribution in [3.8, 4) is 0 Å². The van der Waals surface area contributed by atoms with E-state index in [1.807, 2.05) is 13.0 Å². The van der Waals surface area contributed by atoms with Crippen LogP contribution in [0.3, 0.4) is 0 Å². The van der Waals surface area contributed by atoms with Gasteiger partial charge in [0.05, 0.1) is 24.8 Å². The fourth-order valence-electron chi connectivity index (χ4n) is 3.61. The maximum atomic E-state index is 12.0. The number of halogens is 1. The van der Waals surface area contributed by atoms with Crippen LogP contribution in [-0.2, 0) is 26.3 Å². The number of aromatic nitrogens is 1. The van der Waals surface area contributed by atoms with Crippen molar-refractivity contribution in [2.24, 2.45) is 5.92 Å². The van der Waals surface area contributed by atoms with Crippen molar-refractivity contribution in [2.75, 3.05) is 13.2 Å². The first-order valence-electron chi connectivity index (χ1n) is 7.21. The Morgan fingerprint density at radius 1 is 1.38 bits per heavy atom. The summed E-state index contributed by atoms with van der Waals surface area (Å²) in [4.78, 5) is 15.5. The van der Waals surface area contributed by atoms with Crippen LogP contribution < -0.4 is 0 Å². The first-order chi connectivity index (χ1) is 10.1. The number of ether oxygens (including phenoxy) is 2. The molecule has 0 bridgehead atoms. The topological polar surface area (TPSA) is 51.3 Å². The highest BCUT2D eigenvalue weighted by Gasteiger charge is 2.49. The number of benzene rings is 1. The number of rotatable bonds is 1. The van der Waals surface area contributed by atoms with Crippen LogP contribution >= 0.6 is 15.9 Å². The molecule has 4 nitrogen and oxygen atoms in total. The van der Waals surface area contributed by atoms with Crippen molar-refractivity contribution in [1.82, 2.24) is 4.98 Å². The summed E-state index contributed by atoms with van der Waals surface area (Å²) in [5.41, 5.74) is 2.77. The second kappa shape index (κ2) is 4.58. The van der Waals surface area contributed by atoms with Gasteiger partial charge in [-0.1, -0.05) is 15.9 Å². The summed E-state index contributed by atoms with van der Waals surface area (Å²) in [5.74, 6) is -0.377. The molecule has 5 heteroatoms. The van der Waals surface area contributed by atoms with Gasteiger partial charge in [-0.15, -0.1) is 0 Å². The summed E-state index contributed by atoms with van der Waals surface area (Å²) in [7, 11) is 0. The number of fused-ring (bicyclic) bond motifs is 3. The average molecular weight is 350 g/mol. The molecule has 2 aliphatic heterocycles. The van der Waals surface area contributed by atoms with Gasteiger partial charge in [0.15, 0.2) is 0 Å². The number of nitrogens with one attached hydrogen (secondary N) is 1. The van der Waals surface area contributed by atoms with Crippen molar-refractivity contribution in [3.05, 3.63) is 33.9 Å². The summed E-state index contributed by atoms with van der Waals surface area (Å²) in [6.07, 6.45) is 1.58. The molecular formula is C16H16BrNO3. The fourth-order valence-corrected chi connectivity index (χ4v) is 3.97. The van der Waals surface area contributed by atoms with Crippen LogP contribution in [0.15, 0.2) is 22.7 Å². The third-order valence-electron chi connectivity index (χ3n) is 4.72. The molecule has 2 atom stereocenters. The highest BCUT2D eigenvalue weighted by atomic mass is 79.9. The number of aromatic amines is 1. The average Bonchev–Trinajstić information content (AvgIpc) is 3.04. The lowest BCUT2D eigenvalue weighted by molar-refractivity contribution is -0.154. The third kappa shape index (κ3) is 1.87. The van der Waals surface area contributed by atoms with Crippen LogP contribution in [0.25, 0.3) is 10.9 Å². The molecule has 3 heterocycles. The van der Waals surface area contributed by atoms with E-state index in [1.165, 1.54) is 10.9 Å². The zero-order valence-corrected chi connectivity index (χ0v) is 13.3. The number of cyclic esters (lactones) is 1. The van der Waals surface area contributed by atoms with Crippen LogP contribution in [0, 0.1) is 5.92 Å². The predicted octanol–water partition coefficient (Wildman–Crippen LogP) is 3.28. The summed E-state index contributed by atoms with van der Waals surface area (Å²) in [6, 6.07) is 6.21. The van der Waals surface area contributed by atoms with Crippen molar-refractivity contribution in [1.29, 1.82) is 0 Å². The standard InChI is InChI=1S/C16H16BrNO3/c1-16(12-5-6-20-15(12)19)14-10(4-7-21-16)11-8-9(17)2-3-13(11)18-14/h2-3,8,12,18H,4-7H2,1H3/t12-,16-/m0/s1. The van der Waals surface area contributed by atoms with Gasteiger partial charge in [-0.2, -0.15) is 0 Å². The van der Waals surface area contributed by atoms with Gasteiger partial charge in [0.25, 0.3) is 0 Å². The number of hydrogen-bond donors (Lipinski definition) is 1. The lowest BCUT2D eigenvalue weighted by atomic mass is 9.81. The lowest BCUT2D eigenvalue weighted by Gasteiger charge is -2.37. The van der Waals surface area contributed by atoms with E-state index in [9.17, 15) is 4.79 Å². The molecule has 1 aromatic carbocycles. The van der Waals surface area contributed by atoms with Gasteiger partial charge in [0, 0.05) is 15.4 Å². The van der Waals surface area contributed by atoms with E-state index in [4.69, 9.17) is 9.47 Å². The predicted molar refractivity (Wildman–Crippen MR) is 82.1 cm³/mol. The summed E-state index contributed by atoms with van der Waals surface area (Å²) < 4.78 is 12.3. The zero-order valence-electron chi connectivity index (χ0n) is 11.7. The number of hydrogen-bond acceptors (Lipinski definition) is 3. The molecule has 0 radical (unpaired) electrons. The highest BCUT2D eigenvalue weighted by Crippen LogP contribution is 2.44. The van der Waals surface area contributed by atoms with Gasteiger partial charge in [-0.3, -0.25) is 4.79 Å². The molecule has 0 amide bonds. The zero-order chi connectivity index (χ0) is 14.6. The number of esters is 1. The normalized spacial score (nSPS) is 28.7. The molecule has 1 aromatic heterocycles. The molecule has 21 heavy (non-hydrogen) atoms. The Morgan fingerprint density at radius 2 is 2.24 bits per heavy atom. The minimum Gasteiger partial charge on any atom is -0.465 e. The van der Waals surface area contributed by atoms with E-state index in [-0.39, 0.29) is 11.9 Å². The summed E-state index contributed by atoms with van der Waals surface area (Å²) in [5, 5.41) is 1.21. The van der Waals surface area contributed by atoms with Gasteiger partial charge in [0.1, 0.15) is 5.60 Å². The Hall–Kier alpha value is -1.33. The SMILES string of the molecule is C[C@@]1([C@H]2CCOC2=O)OCCc2c1[nH]c1ccc(Br)cc21. The fraction of sp³-hybridized carbons (Fsp3) is 0.438. The Bertz CT molecular complexity index is 738. The van der Waals surface area contributed by atoms with Gasteiger partial charge >= 0.3 is 5.97 Å². The van der Waals surface area contributed by atoms with Crippen LogP contribution in [0.1, 0.15) is 24.6 Å². The monoisotopic (exact) mass is 349 g/mol. The lowest BCUT2D eigenvalue weighted by Crippen LogP contribution is -2.41. The Balaban J connectivity index is 1.91. The smallest absolute Gasteiger partial charge is 0.312 e. The van der Waals surface area contributed by atoms with E-state index >= 15 is 0 Å². The van der Waals surface area contributed by atoms with Gasteiger partial charge in [-0.25, -0.2) is 0 Å². The molecule has 0 spiro atoms. The van der Waals surface area contributed by atoms with Crippen molar-refractivity contribution < 1.29 is 14.3 Å². The summed E-state index contributed by atoms with van der Waals surface area (Å²) >= 11 is 3.53. The van der Waals surface area contributed by atoms with Crippen molar-refractivity contribution >= 4 is 32.8 Å². The van der Waals surface area contributed by atoms with Crippen LogP contribution in [-0.4, -0.2) is 24.2 Å². The Morgan fingerprint density at radius 3 is 3.00 bits per heavy atom.